The Morgan fingerprint density at radius 3 is 2.76 bits per heavy atom. The Kier molecular flexibility index (Phi) is 6.52. The van der Waals surface area contributed by atoms with E-state index in [4.69, 9.17) is 0 Å². The largest absolute Gasteiger partial charge is 0.316 e. The van der Waals surface area contributed by atoms with Crippen molar-refractivity contribution in [1.29, 1.82) is 0 Å². The Labute approximate surface area is 106 Å². The molecular formula is C13H19F2NS. The zero-order valence-electron chi connectivity index (χ0n) is 10.3. The van der Waals surface area contributed by atoms with Crippen LogP contribution >= 0.6 is 11.8 Å². The van der Waals surface area contributed by atoms with E-state index in [0.29, 0.717) is 12.0 Å². The Balaban J connectivity index is 2.57. The molecule has 0 aliphatic carbocycles. The standard InChI is InChI=1S/C13H19F2NS/c1-3-6-17-9-12(16-2)8-10-7-11(14)4-5-13(10)15/h4-5,7,12,16H,3,6,8-9H2,1-2H3. The number of nitrogens with one attached hydrogen (secondary N) is 1. The summed E-state index contributed by atoms with van der Waals surface area (Å²) in [6, 6.07) is 3.81. The molecule has 17 heavy (non-hydrogen) atoms. The van der Waals surface area contributed by atoms with E-state index in [9.17, 15) is 8.78 Å². The summed E-state index contributed by atoms with van der Waals surface area (Å²) in [5.74, 6) is 1.31. The molecule has 1 nitrogen and oxygen atoms in total. The molecule has 0 fully saturated rings. The second-order valence-corrected chi connectivity index (χ2v) is 5.15. The molecule has 0 aliphatic heterocycles. The van der Waals surface area contributed by atoms with E-state index in [2.05, 4.69) is 12.2 Å². The molecule has 1 atom stereocenters. The van der Waals surface area contributed by atoms with E-state index >= 15 is 0 Å². The molecule has 96 valence electrons. The summed E-state index contributed by atoms with van der Waals surface area (Å²) >= 11 is 1.84. The Morgan fingerprint density at radius 1 is 1.35 bits per heavy atom. The van der Waals surface area contributed by atoms with E-state index in [0.717, 1.165) is 24.0 Å². The molecule has 0 amide bonds. The number of hydrogen-bond acceptors (Lipinski definition) is 2. The summed E-state index contributed by atoms with van der Waals surface area (Å²) in [6.07, 6.45) is 1.66. The minimum absolute atomic E-state index is 0.183. The normalized spacial score (nSPS) is 12.7. The van der Waals surface area contributed by atoms with Gasteiger partial charge in [0, 0.05) is 11.8 Å². The Morgan fingerprint density at radius 2 is 2.12 bits per heavy atom. The molecule has 0 aliphatic rings. The molecule has 0 spiro atoms. The molecule has 1 aromatic carbocycles. The molecule has 0 saturated heterocycles. The number of thioether (sulfide) groups is 1. The number of rotatable bonds is 7. The van der Waals surface area contributed by atoms with E-state index < -0.39 is 0 Å². The van der Waals surface area contributed by atoms with Gasteiger partial charge in [-0.1, -0.05) is 6.92 Å². The van der Waals surface area contributed by atoms with Crippen molar-refractivity contribution in [3.05, 3.63) is 35.4 Å². The van der Waals surface area contributed by atoms with Gasteiger partial charge in [-0.3, -0.25) is 0 Å². The van der Waals surface area contributed by atoms with Crippen molar-refractivity contribution in [2.24, 2.45) is 0 Å². The van der Waals surface area contributed by atoms with Crippen LogP contribution in [0, 0.1) is 11.6 Å². The lowest BCUT2D eigenvalue weighted by molar-refractivity contribution is 0.555. The third-order valence-electron chi connectivity index (χ3n) is 2.55. The molecule has 0 bridgehead atoms. The third kappa shape index (κ3) is 5.04. The fraction of sp³-hybridized carbons (Fsp3) is 0.538. The highest BCUT2D eigenvalue weighted by Gasteiger charge is 2.11. The number of hydrogen-bond donors (Lipinski definition) is 1. The molecule has 0 radical (unpaired) electrons. The van der Waals surface area contributed by atoms with Crippen LogP contribution in [0.25, 0.3) is 0 Å². The molecule has 1 rings (SSSR count). The van der Waals surface area contributed by atoms with Crippen LogP contribution in [0.1, 0.15) is 18.9 Å². The van der Waals surface area contributed by atoms with Gasteiger partial charge in [0.25, 0.3) is 0 Å². The van der Waals surface area contributed by atoms with Gasteiger partial charge in [0.2, 0.25) is 0 Å². The number of benzene rings is 1. The number of halogens is 2. The molecule has 0 aromatic heterocycles. The highest BCUT2D eigenvalue weighted by molar-refractivity contribution is 7.99. The zero-order valence-corrected chi connectivity index (χ0v) is 11.1. The first-order valence-electron chi connectivity index (χ1n) is 5.86. The maximum atomic E-state index is 13.5. The molecule has 1 aromatic rings. The van der Waals surface area contributed by atoms with Gasteiger partial charge in [0.1, 0.15) is 11.6 Å². The molecule has 1 N–H and O–H groups in total. The van der Waals surface area contributed by atoms with Gasteiger partial charge in [0.05, 0.1) is 0 Å². The van der Waals surface area contributed by atoms with Crippen LogP contribution < -0.4 is 5.32 Å². The minimum atomic E-state index is -0.377. The van der Waals surface area contributed by atoms with Crippen molar-refractivity contribution in [3.8, 4) is 0 Å². The van der Waals surface area contributed by atoms with Gasteiger partial charge in [-0.05, 0) is 49.4 Å². The fourth-order valence-corrected chi connectivity index (χ4v) is 2.60. The first kappa shape index (κ1) is 14.5. The molecular weight excluding hydrogens is 240 g/mol. The SMILES string of the molecule is CCCSCC(Cc1cc(F)ccc1F)NC. The minimum Gasteiger partial charge on any atom is -0.316 e. The third-order valence-corrected chi connectivity index (χ3v) is 3.88. The zero-order chi connectivity index (χ0) is 12.7. The van der Waals surface area contributed by atoms with E-state index in [1.165, 1.54) is 12.1 Å². The highest BCUT2D eigenvalue weighted by atomic mass is 32.2. The van der Waals surface area contributed by atoms with E-state index in [1.807, 2.05) is 18.8 Å². The predicted molar refractivity (Wildman–Crippen MR) is 70.5 cm³/mol. The van der Waals surface area contributed by atoms with Gasteiger partial charge in [-0.25, -0.2) is 8.78 Å². The van der Waals surface area contributed by atoms with E-state index in [1.54, 1.807) is 0 Å². The molecule has 4 heteroatoms. The summed E-state index contributed by atoms with van der Waals surface area (Å²) in [4.78, 5) is 0. The van der Waals surface area contributed by atoms with E-state index in [-0.39, 0.29) is 17.7 Å². The van der Waals surface area contributed by atoms with Gasteiger partial charge >= 0.3 is 0 Å². The van der Waals surface area contributed by atoms with Crippen LogP contribution in [0.4, 0.5) is 8.78 Å². The molecule has 0 heterocycles. The van der Waals surface area contributed by atoms with Crippen molar-refractivity contribution in [3.63, 3.8) is 0 Å². The van der Waals surface area contributed by atoms with Gasteiger partial charge in [-0.15, -0.1) is 0 Å². The number of likely N-dealkylation sites (N-methyl/N-ethyl adjacent to an activating group) is 1. The lowest BCUT2D eigenvalue weighted by atomic mass is 10.1. The summed E-state index contributed by atoms with van der Waals surface area (Å²) in [6.45, 7) is 2.13. The summed E-state index contributed by atoms with van der Waals surface area (Å²) in [5, 5.41) is 3.15. The van der Waals surface area contributed by atoms with Crippen molar-refractivity contribution < 1.29 is 8.78 Å². The monoisotopic (exact) mass is 259 g/mol. The van der Waals surface area contributed by atoms with Gasteiger partial charge in [-0.2, -0.15) is 11.8 Å². The van der Waals surface area contributed by atoms with Gasteiger partial charge in [0.15, 0.2) is 0 Å². The maximum absolute atomic E-state index is 13.5. The van der Waals surface area contributed by atoms with Crippen molar-refractivity contribution in [1.82, 2.24) is 5.32 Å². The lowest BCUT2D eigenvalue weighted by Crippen LogP contribution is -2.30. The average molecular weight is 259 g/mol. The quantitative estimate of drug-likeness (QED) is 0.754. The van der Waals surface area contributed by atoms with Crippen LogP contribution in [-0.2, 0) is 6.42 Å². The van der Waals surface area contributed by atoms with Crippen molar-refractivity contribution >= 4 is 11.8 Å². The second-order valence-electron chi connectivity index (χ2n) is 4.00. The van der Waals surface area contributed by atoms with Gasteiger partial charge < -0.3 is 5.32 Å². The maximum Gasteiger partial charge on any atom is 0.126 e. The topological polar surface area (TPSA) is 12.0 Å². The first-order chi connectivity index (χ1) is 8.17. The van der Waals surface area contributed by atoms with Crippen LogP contribution in [0.3, 0.4) is 0 Å². The first-order valence-corrected chi connectivity index (χ1v) is 7.01. The predicted octanol–water partition coefficient (Wildman–Crippen LogP) is 3.24. The average Bonchev–Trinajstić information content (AvgIpc) is 2.32. The van der Waals surface area contributed by atoms with Crippen molar-refractivity contribution in [2.75, 3.05) is 18.6 Å². The summed E-state index contributed by atoms with van der Waals surface area (Å²) < 4.78 is 26.5. The lowest BCUT2D eigenvalue weighted by Gasteiger charge is -2.16. The van der Waals surface area contributed by atoms with Crippen molar-refractivity contribution in [2.45, 2.75) is 25.8 Å². The fourth-order valence-electron chi connectivity index (χ4n) is 1.58. The van der Waals surface area contributed by atoms with Crippen LogP contribution in [0.15, 0.2) is 18.2 Å². The van der Waals surface area contributed by atoms with Crippen LogP contribution in [0.2, 0.25) is 0 Å². The highest BCUT2D eigenvalue weighted by Crippen LogP contribution is 2.14. The van der Waals surface area contributed by atoms with Crippen LogP contribution in [0.5, 0.6) is 0 Å². The molecule has 0 saturated carbocycles. The smallest absolute Gasteiger partial charge is 0.126 e. The van der Waals surface area contributed by atoms with Crippen LogP contribution in [-0.4, -0.2) is 24.6 Å². The Hall–Kier alpha value is -0.610. The Bertz CT molecular complexity index is 344. The second kappa shape index (κ2) is 7.67. The molecule has 1 unspecified atom stereocenters. The summed E-state index contributed by atoms with van der Waals surface area (Å²) in [5.41, 5.74) is 0.446. The summed E-state index contributed by atoms with van der Waals surface area (Å²) in [7, 11) is 1.86.